The number of rotatable bonds is 9. The summed E-state index contributed by atoms with van der Waals surface area (Å²) in [6, 6.07) is 11.2. The van der Waals surface area contributed by atoms with Crippen molar-refractivity contribution in [2.75, 3.05) is 35.0 Å². The molecule has 0 unspecified atom stereocenters. The van der Waals surface area contributed by atoms with Crippen LogP contribution in [0.25, 0.3) is 6.08 Å². The average molecular weight is 385 g/mol. The van der Waals surface area contributed by atoms with Crippen molar-refractivity contribution in [1.82, 2.24) is 4.90 Å². The van der Waals surface area contributed by atoms with Gasteiger partial charge in [0.1, 0.15) is 0 Å². The summed E-state index contributed by atoms with van der Waals surface area (Å²) in [4.78, 5) is 14.1. The van der Waals surface area contributed by atoms with Gasteiger partial charge in [0.15, 0.2) is 29.6 Å². The zero-order valence-electron chi connectivity index (χ0n) is 17.0. The largest absolute Gasteiger partial charge is 0.493 e. The molecule has 0 radical (unpaired) electrons. The Kier molecular flexibility index (Phi) is 7.75. The number of hydrogen-bond donors (Lipinski definition) is 0. The zero-order chi connectivity index (χ0) is 20.5. The maximum Gasteiger partial charge on any atom is 0.260 e. The van der Waals surface area contributed by atoms with Gasteiger partial charge >= 0.3 is 0 Å². The van der Waals surface area contributed by atoms with E-state index in [4.69, 9.17) is 18.9 Å². The smallest absolute Gasteiger partial charge is 0.260 e. The monoisotopic (exact) mass is 385 g/mol. The van der Waals surface area contributed by atoms with E-state index >= 15 is 0 Å². The van der Waals surface area contributed by atoms with E-state index in [1.807, 2.05) is 49.4 Å². The number of amides is 1. The van der Waals surface area contributed by atoms with Gasteiger partial charge in [0.2, 0.25) is 0 Å². The molecule has 6 heteroatoms. The van der Waals surface area contributed by atoms with Crippen LogP contribution in [0.1, 0.15) is 18.1 Å². The van der Waals surface area contributed by atoms with Gasteiger partial charge in [-0.05, 0) is 30.7 Å². The quantitative estimate of drug-likeness (QED) is 0.657. The van der Waals surface area contributed by atoms with Crippen molar-refractivity contribution in [3.8, 4) is 23.0 Å². The molecule has 2 aromatic carbocycles. The van der Waals surface area contributed by atoms with Crippen LogP contribution in [0.15, 0.2) is 42.5 Å². The summed E-state index contributed by atoms with van der Waals surface area (Å²) in [6.45, 7) is 2.23. The molecule has 2 rings (SSSR count). The van der Waals surface area contributed by atoms with Gasteiger partial charge in [0, 0.05) is 19.2 Å². The lowest BCUT2D eigenvalue weighted by atomic mass is 10.1. The molecule has 0 heterocycles. The standard InChI is InChI=1S/C22H27NO5/c1-6-8-16-11-12-18(20(13-16)26-4)28-15-21(24)23(2)14-17-9-7-10-19(25-3)22(17)27-5/h6-13H,14-15H2,1-5H3/b8-6+. The lowest BCUT2D eigenvalue weighted by Gasteiger charge is -2.20. The first-order chi connectivity index (χ1) is 13.5. The zero-order valence-corrected chi connectivity index (χ0v) is 17.0. The molecule has 0 aliphatic carbocycles. The van der Waals surface area contributed by atoms with E-state index in [1.165, 1.54) is 0 Å². The Labute approximate surface area is 166 Å². The number of nitrogens with zero attached hydrogens (tertiary/aromatic N) is 1. The van der Waals surface area contributed by atoms with Crippen LogP contribution >= 0.6 is 0 Å². The second kappa shape index (κ2) is 10.3. The predicted octanol–water partition coefficient (Wildman–Crippen LogP) is 3.78. The minimum Gasteiger partial charge on any atom is -0.493 e. The highest BCUT2D eigenvalue weighted by atomic mass is 16.5. The van der Waals surface area contributed by atoms with Gasteiger partial charge in [0.25, 0.3) is 5.91 Å². The SMILES string of the molecule is C/C=C/c1ccc(OCC(=O)N(C)Cc2cccc(OC)c2OC)c(OC)c1. The molecule has 0 spiro atoms. The number of methoxy groups -OCH3 is 3. The summed E-state index contributed by atoms with van der Waals surface area (Å²) in [7, 11) is 6.46. The van der Waals surface area contributed by atoms with Crippen LogP contribution in [-0.2, 0) is 11.3 Å². The van der Waals surface area contributed by atoms with E-state index in [2.05, 4.69) is 0 Å². The molecular weight excluding hydrogens is 358 g/mol. The predicted molar refractivity (Wildman–Crippen MR) is 109 cm³/mol. The van der Waals surface area contributed by atoms with E-state index in [0.717, 1.165) is 11.1 Å². The first-order valence-electron chi connectivity index (χ1n) is 8.91. The Morgan fingerprint density at radius 2 is 1.75 bits per heavy atom. The number of benzene rings is 2. The minimum atomic E-state index is -0.163. The molecule has 2 aromatic rings. The van der Waals surface area contributed by atoms with Crippen molar-refractivity contribution in [2.45, 2.75) is 13.5 Å². The van der Waals surface area contributed by atoms with Crippen molar-refractivity contribution in [1.29, 1.82) is 0 Å². The normalized spacial score (nSPS) is 10.6. The summed E-state index contributed by atoms with van der Waals surface area (Å²) in [5.74, 6) is 2.19. The molecule has 150 valence electrons. The molecule has 0 bridgehead atoms. The molecule has 0 aromatic heterocycles. The van der Waals surface area contributed by atoms with Gasteiger partial charge in [-0.3, -0.25) is 4.79 Å². The van der Waals surface area contributed by atoms with Crippen molar-refractivity contribution < 1.29 is 23.7 Å². The number of ether oxygens (including phenoxy) is 4. The highest BCUT2D eigenvalue weighted by molar-refractivity contribution is 5.77. The summed E-state index contributed by atoms with van der Waals surface area (Å²) < 4.78 is 21.8. The number of allylic oxidation sites excluding steroid dienone is 1. The number of para-hydroxylation sites is 1. The highest BCUT2D eigenvalue weighted by Crippen LogP contribution is 2.31. The number of likely N-dealkylation sites (N-methyl/N-ethyl adjacent to an activating group) is 1. The molecule has 0 aliphatic rings. The lowest BCUT2D eigenvalue weighted by Crippen LogP contribution is -2.31. The molecule has 1 amide bonds. The van der Waals surface area contributed by atoms with E-state index in [0.29, 0.717) is 29.5 Å². The maximum absolute atomic E-state index is 12.5. The summed E-state index contributed by atoms with van der Waals surface area (Å²) in [5, 5.41) is 0. The lowest BCUT2D eigenvalue weighted by molar-refractivity contribution is -0.132. The fraction of sp³-hybridized carbons (Fsp3) is 0.318. The van der Waals surface area contributed by atoms with Crippen molar-refractivity contribution in [3.05, 3.63) is 53.6 Å². The van der Waals surface area contributed by atoms with Crippen LogP contribution in [0.2, 0.25) is 0 Å². The first-order valence-corrected chi connectivity index (χ1v) is 8.91. The van der Waals surface area contributed by atoms with E-state index in [1.54, 1.807) is 39.3 Å². The molecule has 0 N–H and O–H groups in total. The number of carbonyl (C=O) groups excluding carboxylic acids is 1. The molecule has 0 aliphatic heterocycles. The van der Waals surface area contributed by atoms with E-state index in [-0.39, 0.29) is 12.5 Å². The third-order valence-corrected chi connectivity index (χ3v) is 4.22. The van der Waals surface area contributed by atoms with Gasteiger partial charge in [-0.1, -0.05) is 30.4 Å². The highest BCUT2D eigenvalue weighted by Gasteiger charge is 2.16. The van der Waals surface area contributed by atoms with Crippen molar-refractivity contribution in [3.63, 3.8) is 0 Å². The van der Waals surface area contributed by atoms with Gasteiger partial charge in [-0.25, -0.2) is 0 Å². The van der Waals surface area contributed by atoms with Gasteiger partial charge in [0.05, 0.1) is 21.3 Å². The Morgan fingerprint density at radius 3 is 2.39 bits per heavy atom. The maximum atomic E-state index is 12.5. The first kappa shape index (κ1) is 21.2. The summed E-state index contributed by atoms with van der Waals surface area (Å²) in [6.07, 6.45) is 3.91. The Morgan fingerprint density at radius 1 is 1.00 bits per heavy atom. The molecule has 28 heavy (non-hydrogen) atoms. The average Bonchev–Trinajstić information content (AvgIpc) is 2.72. The molecule has 0 atom stereocenters. The molecule has 0 saturated heterocycles. The fourth-order valence-electron chi connectivity index (χ4n) is 2.77. The second-order valence-corrected chi connectivity index (χ2v) is 6.10. The van der Waals surface area contributed by atoms with Crippen LogP contribution in [-0.4, -0.2) is 45.8 Å². The Hall–Kier alpha value is -3.15. The molecular formula is C22H27NO5. The molecule has 6 nitrogen and oxygen atoms in total. The number of carbonyl (C=O) groups is 1. The minimum absolute atomic E-state index is 0.0951. The fourth-order valence-corrected chi connectivity index (χ4v) is 2.77. The second-order valence-electron chi connectivity index (χ2n) is 6.10. The third kappa shape index (κ3) is 5.19. The van der Waals surface area contributed by atoms with E-state index in [9.17, 15) is 4.79 Å². The van der Waals surface area contributed by atoms with Gasteiger partial charge in [-0.15, -0.1) is 0 Å². The molecule has 0 fully saturated rings. The third-order valence-electron chi connectivity index (χ3n) is 4.22. The van der Waals surface area contributed by atoms with Crippen LogP contribution in [0.3, 0.4) is 0 Å². The van der Waals surface area contributed by atoms with Crippen molar-refractivity contribution >= 4 is 12.0 Å². The Bertz CT molecular complexity index is 832. The Balaban J connectivity index is 2.04. The molecule has 0 saturated carbocycles. The van der Waals surface area contributed by atoms with Crippen LogP contribution in [0, 0.1) is 0 Å². The van der Waals surface area contributed by atoms with Gasteiger partial charge < -0.3 is 23.8 Å². The van der Waals surface area contributed by atoms with Crippen LogP contribution in [0.5, 0.6) is 23.0 Å². The summed E-state index contributed by atoms with van der Waals surface area (Å²) in [5.41, 5.74) is 1.85. The van der Waals surface area contributed by atoms with Crippen LogP contribution < -0.4 is 18.9 Å². The summed E-state index contributed by atoms with van der Waals surface area (Å²) >= 11 is 0. The van der Waals surface area contributed by atoms with Crippen LogP contribution in [0.4, 0.5) is 0 Å². The van der Waals surface area contributed by atoms with Gasteiger partial charge in [-0.2, -0.15) is 0 Å². The van der Waals surface area contributed by atoms with Crippen molar-refractivity contribution in [2.24, 2.45) is 0 Å². The topological polar surface area (TPSA) is 57.2 Å². The number of hydrogen-bond acceptors (Lipinski definition) is 5. The van der Waals surface area contributed by atoms with E-state index < -0.39 is 0 Å².